The van der Waals surface area contributed by atoms with E-state index in [2.05, 4.69) is 4.98 Å². The Labute approximate surface area is 138 Å². The first kappa shape index (κ1) is 16.7. The predicted molar refractivity (Wildman–Crippen MR) is 86.7 cm³/mol. The molecule has 0 saturated carbocycles. The van der Waals surface area contributed by atoms with Crippen LogP contribution in [0.4, 0.5) is 0 Å². The summed E-state index contributed by atoms with van der Waals surface area (Å²) in [6.07, 6.45) is 0. The van der Waals surface area contributed by atoms with E-state index in [1.165, 1.54) is 4.31 Å². The van der Waals surface area contributed by atoms with Gasteiger partial charge < -0.3 is 0 Å². The van der Waals surface area contributed by atoms with E-state index in [4.69, 9.17) is 23.2 Å². The fourth-order valence-electron chi connectivity index (χ4n) is 1.88. The van der Waals surface area contributed by atoms with Crippen molar-refractivity contribution in [1.29, 1.82) is 0 Å². The molecule has 1 aromatic carbocycles. The largest absolute Gasteiger partial charge is 0.254 e. The molecule has 0 aliphatic carbocycles. The molecule has 1 unspecified atom stereocenters. The van der Waals surface area contributed by atoms with E-state index in [1.807, 2.05) is 19.1 Å². The second-order valence-corrected chi connectivity index (χ2v) is 8.80. The van der Waals surface area contributed by atoms with E-state index in [0.717, 1.165) is 16.9 Å². The van der Waals surface area contributed by atoms with Gasteiger partial charge in [0.15, 0.2) is 8.68 Å². The molecule has 4 nitrogen and oxygen atoms in total. The molecule has 0 saturated heterocycles. The zero-order chi connectivity index (χ0) is 15.8. The van der Waals surface area contributed by atoms with Gasteiger partial charge in [-0.15, -0.1) is 0 Å². The van der Waals surface area contributed by atoms with Crippen molar-refractivity contribution in [3.05, 3.63) is 45.0 Å². The highest BCUT2D eigenvalue weighted by molar-refractivity contribution is 7.91. The fraction of sp³-hybridized carbons (Fsp3) is 0.308. The van der Waals surface area contributed by atoms with Crippen LogP contribution >= 0.6 is 34.5 Å². The Morgan fingerprint density at radius 3 is 2.29 bits per heavy atom. The zero-order valence-corrected chi connectivity index (χ0v) is 14.8. The second kappa shape index (κ2) is 6.22. The van der Waals surface area contributed by atoms with Crippen LogP contribution in [-0.2, 0) is 10.0 Å². The van der Waals surface area contributed by atoms with Gasteiger partial charge in [-0.1, -0.05) is 46.7 Å². The Morgan fingerprint density at radius 2 is 1.81 bits per heavy atom. The van der Waals surface area contributed by atoms with E-state index in [9.17, 15) is 8.42 Å². The third-order valence-electron chi connectivity index (χ3n) is 3.24. The number of aryl methyl sites for hydroxylation is 1. The molecule has 0 amide bonds. The van der Waals surface area contributed by atoms with Crippen LogP contribution in [0.15, 0.2) is 28.5 Å². The Kier molecular flexibility index (Phi) is 4.95. The highest BCUT2D eigenvalue weighted by atomic mass is 35.5. The minimum atomic E-state index is -3.63. The molecule has 1 aromatic heterocycles. The molecule has 2 rings (SSSR count). The van der Waals surface area contributed by atoms with Gasteiger partial charge >= 0.3 is 0 Å². The maximum atomic E-state index is 12.7. The second-order valence-electron chi connectivity index (χ2n) is 4.59. The lowest BCUT2D eigenvalue weighted by molar-refractivity contribution is 0.399. The molecule has 21 heavy (non-hydrogen) atoms. The van der Waals surface area contributed by atoms with Gasteiger partial charge in [0.05, 0.1) is 5.69 Å². The van der Waals surface area contributed by atoms with Crippen molar-refractivity contribution in [1.82, 2.24) is 9.29 Å². The lowest BCUT2D eigenvalue weighted by Gasteiger charge is -2.24. The highest BCUT2D eigenvalue weighted by Crippen LogP contribution is 2.32. The van der Waals surface area contributed by atoms with Crippen molar-refractivity contribution >= 4 is 44.6 Å². The van der Waals surface area contributed by atoms with Crippen LogP contribution in [0.25, 0.3) is 0 Å². The molecule has 0 N–H and O–H groups in total. The van der Waals surface area contributed by atoms with Crippen LogP contribution in [0.2, 0.25) is 9.49 Å². The third-order valence-corrected chi connectivity index (χ3v) is 7.27. The number of halogens is 2. The Balaban J connectivity index is 2.36. The number of aromatic nitrogens is 1. The summed E-state index contributed by atoms with van der Waals surface area (Å²) < 4.78 is 27.0. The average molecular weight is 365 g/mol. The molecule has 2 aromatic rings. The van der Waals surface area contributed by atoms with E-state index in [1.54, 1.807) is 26.1 Å². The number of thiazole rings is 1. The lowest BCUT2D eigenvalue weighted by atomic mass is 10.1. The van der Waals surface area contributed by atoms with Crippen LogP contribution in [0.5, 0.6) is 0 Å². The van der Waals surface area contributed by atoms with Gasteiger partial charge in [0, 0.05) is 18.1 Å². The summed E-state index contributed by atoms with van der Waals surface area (Å²) in [6, 6.07) is 6.77. The van der Waals surface area contributed by atoms with Gasteiger partial charge in [-0.2, -0.15) is 4.31 Å². The summed E-state index contributed by atoms with van der Waals surface area (Å²) in [7, 11) is -2.09. The van der Waals surface area contributed by atoms with Crippen LogP contribution in [0.3, 0.4) is 0 Å². The quantitative estimate of drug-likeness (QED) is 0.818. The summed E-state index contributed by atoms with van der Waals surface area (Å²) in [5, 5.41) is 0.613. The van der Waals surface area contributed by atoms with Crippen LogP contribution in [-0.4, -0.2) is 24.8 Å². The molecule has 1 heterocycles. The molecule has 0 spiro atoms. The molecule has 1 atom stereocenters. The Bertz CT molecular complexity index is 742. The SMILES string of the molecule is Cc1nc(Cl)sc1S(=O)(=O)N(C)C(C)c1ccc(Cl)cc1. The molecule has 8 heteroatoms. The minimum absolute atomic E-state index is 0.177. The summed E-state index contributed by atoms with van der Waals surface area (Å²) in [5.41, 5.74) is 1.28. The minimum Gasteiger partial charge on any atom is -0.229 e. The van der Waals surface area contributed by atoms with Gasteiger partial charge in [0.2, 0.25) is 0 Å². The molecule has 0 bridgehead atoms. The van der Waals surface area contributed by atoms with Gasteiger partial charge in [-0.3, -0.25) is 0 Å². The normalized spacial score (nSPS) is 13.6. The van der Waals surface area contributed by atoms with Crippen molar-refractivity contribution < 1.29 is 8.42 Å². The summed E-state index contributed by atoms with van der Waals surface area (Å²) in [4.78, 5) is 3.96. The number of sulfonamides is 1. The van der Waals surface area contributed by atoms with Crippen molar-refractivity contribution in [3.63, 3.8) is 0 Å². The molecule has 0 fully saturated rings. The summed E-state index contributed by atoms with van der Waals surface area (Å²) in [5.74, 6) is 0. The van der Waals surface area contributed by atoms with E-state index in [-0.39, 0.29) is 14.7 Å². The molecule has 0 aliphatic heterocycles. The topological polar surface area (TPSA) is 50.3 Å². The summed E-state index contributed by atoms with van der Waals surface area (Å²) in [6.45, 7) is 3.45. The van der Waals surface area contributed by atoms with E-state index >= 15 is 0 Å². The monoisotopic (exact) mass is 364 g/mol. The zero-order valence-electron chi connectivity index (χ0n) is 11.7. The van der Waals surface area contributed by atoms with Crippen LogP contribution < -0.4 is 0 Å². The molecule has 0 aliphatic rings. The summed E-state index contributed by atoms with van der Waals surface area (Å²) >= 11 is 12.6. The fourth-order valence-corrected chi connectivity index (χ4v) is 5.26. The first-order valence-corrected chi connectivity index (χ1v) is 9.11. The highest BCUT2D eigenvalue weighted by Gasteiger charge is 2.30. The van der Waals surface area contributed by atoms with Gasteiger partial charge in [0.1, 0.15) is 0 Å². The van der Waals surface area contributed by atoms with Gasteiger partial charge in [0.25, 0.3) is 10.0 Å². The van der Waals surface area contributed by atoms with Crippen molar-refractivity contribution in [2.24, 2.45) is 0 Å². The number of rotatable bonds is 4. The number of hydrogen-bond acceptors (Lipinski definition) is 4. The molecular weight excluding hydrogens is 351 g/mol. The van der Waals surface area contributed by atoms with E-state index < -0.39 is 10.0 Å². The first-order chi connectivity index (χ1) is 9.73. The number of benzene rings is 1. The average Bonchev–Trinajstić information content (AvgIpc) is 2.77. The first-order valence-electron chi connectivity index (χ1n) is 6.10. The van der Waals surface area contributed by atoms with E-state index in [0.29, 0.717) is 10.7 Å². The predicted octanol–water partition coefficient (Wildman–Crippen LogP) is 4.14. The van der Waals surface area contributed by atoms with Gasteiger partial charge in [-0.05, 0) is 31.5 Å². The molecule has 0 radical (unpaired) electrons. The Morgan fingerprint density at radius 1 is 1.24 bits per heavy atom. The maximum absolute atomic E-state index is 12.7. The number of hydrogen-bond donors (Lipinski definition) is 0. The van der Waals surface area contributed by atoms with Crippen LogP contribution in [0, 0.1) is 6.92 Å². The van der Waals surface area contributed by atoms with Crippen molar-refractivity contribution in [2.45, 2.75) is 24.1 Å². The lowest BCUT2D eigenvalue weighted by Crippen LogP contribution is -2.29. The maximum Gasteiger partial charge on any atom is 0.254 e. The van der Waals surface area contributed by atoms with Crippen molar-refractivity contribution in [3.8, 4) is 0 Å². The molecule has 114 valence electrons. The smallest absolute Gasteiger partial charge is 0.229 e. The standard InChI is InChI=1S/C13H14Cl2N2O2S2/c1-8-12(20-13(15)16-8)21(18,19)17(3)9(2)10-4-6-11(14)7-5-10/h4-7,9H,1-3H3. The Hall–Kier alpha value is -0.660. The third kappa shape index (κ3) is 3.40. The molecular formula is C13H14Cl2N2O2S2. The number of nitrogens with zero attached hydrogens (tertiary/aromatic N) is 2. The van der Waals surface area contributed by atoms with Gasteiger partial charge in [-0.25, -0.2) is 13.4 Å². The van der Waals surface area contributed by atoms with Crippen LogP contribution in [0.1, 0.15) is 24.2 Å². The van der Waals surface area contributed by atoms with Crippen molar-refractivity contribution in [2.75, 3.05) is 7.05 Å².